The highest BCUT2D eigenvalue weighted by molar-refractivity contribution is 5.50. The van der Waals surface area contributed by atoms with E-state index in [0.717, 1.165) is 32.6 Å². The lowest BCUT2D eigenvalue weighted by molar-refractivity contribution is 0.300. The Bertz CT molecular complexity index is 410. The fourth-order valence-electron chi connectivity index (χ4n) is 1.76. The van der Waals surface area contributed by atoms with E-state index in [0.29, 0.717) is 17.2 Å². The molecule has 0 bridgehead atoms. The SMILES string of the molecule is CCCN(CC)CCNc1nc(C)ncc1C#N. The van der Waals surface area contributed by atoms with Crippen LogP contribution < -0.4 is 5.32 Å². The van der Waals surface area contributed by atoms with Gasteiger partial charge in [0, 0.05) is 13.1 Å². The predicted molar refractivity (Wildman–Crippen MR) is 72.4 cm³/mol. The van der Waals surface area contributed by atoms with Crippen molar-refractivity contribution in [3.05, 3.63) is 17.6 Å². The van der Waals surface area contributed by atoms with E-state index in [4.69, 9.17) is 5.26 Å². The molecule has 0 amide bonds. The maximum Gasteiger partial charge on any atom is 0.147 e. The average Bonchev–Trinajstić information content (AvgIpc) is 2.38. The van der Waals surface area contributed by atoms with Gasteiger partial charge in [-0.2, -0.15) is 5.26 Å². The van der Waals surface area contributed by atoms with Crippen molar-refractivity contribution in [1.29, 1.82) is 5.26 Å². The van der Waals surface area contributed by atoms with Crippen molar-refractivity contribution >= 4 is 5.82 Å². The number of aromatic nitrogens is 2. The molecular formula is C13H21N5. The van der Waals surface area contributed by atoms with Crippen molar-refractivity contribution in [2.45, 2.75) is 27.2 Å². The first kappa shape index (κ1) is 14.4. The summed E-state index contributed by atoms with van der Waals surface area (Å²) in [4.78, 5) is 10.6. The van der Waals surface area contributed by atoms with Crippen LogP contribution in [0.25, 0.3) is 0 Å². The second-order valence-corrected chi connectivity index (χ2v) is 4.15. The molecule has 0 saturated heterocycles. The number of nitrogens with zero attached hydrogens (tertiary/aromatic N) is 4. The number of rotatable bonds is 7. The zero-order valence-corrected chi connectivity index (χ0v) is 11.4. The predicted octanol–water partition coefficient (Wildman–Crippen LogP) is 1.80. The lowest BCUT2D eigenvalue weighted by Gasteiger charge is -2.19. The highest BCUT2D eigenvalue weighted by Crippen LogP contribution is 2.09. The number of nitrogens with one attached hydrogen (secondary N) is 1. The van der Waals surface area contributed by atoms with Crippen LogP contribution in [0.15, 0.2) is 6.20 Å². The average molecular weight is 247 g/mol. The van der Waals surface area contributed by atoms with Gasteiger partial charge in [0.25, 0.3) is 0 Å². The summed E-state index contributed by atoms with van der Waals surface area (Å²) in [6.45, 7) is 10.1. The largest absolute Gasteiger partial charge is 0.368 e. The summed E-state index contributed by atoms with van der Waals surface area (Å²) in [5, 5.41) is 12.2. The van der Waals surface area contributed by atoms with Gasteiger partial charge in [-0.05, 0) is 26.4 Å². The summed E-state index contributed by atoms with van der Waals surface area (Å²) < 4.78 is 0. The summed E-state index contributed by atoms with van der Waals surface area (Å²) in [5.74, 6) is 1.31. The number of likely N-dealkylation sites (N-methyl/N-ethyl adjacent to an activating group) is 1. The molecule has 1 aromatic rings. The molecule has 0 atom stereocenters. The first-order valence-electron chi connectivity index (χ1n) is 6.41. The molecule has 0 aliphatic rings. The molecule has 0 aromatic carbocycles. The Hall–Kier alpha value is -1.67. The van der Waals surface area contributed by atoms with Crippen molar-refractivity contribution < 1.29 is 0 Å². The van der Waals surface area contributed by atoms with Crippen molar-refractivity contribution in [3.8, 4) is 6.07 Å². The van der Waals surface area contributed by atoms with Crippen molar-refractivity contribution in [1.82, 2.24) is 14.9 Å². The minimum absolute atomic E-state index is 0.499. The molecule has 98 valence electrons. The van der Waals surface area contributed by atoms with Crippen LogP contribution in [-0.4, -0.2) is 41.0 Å². The van der Waals surface area contributed by atoms with E-state index < -0.39 is 0 Å². The molecule has 0 fully saturated rings. The lowest BCUT2D eigenvalue weighted by atomic mass is 10.3. The minimum atomic E-state index is 0.499. The van der Waals surface area contributed by atoms with Gasteiger partial charge in [0.15, 0.2) is 0 Å². The maximum absolute atomic E-state index is 8.97. The molecule has 18 heavy (non-hydrogen) atoms. The third-order valence-electron chi connectivity index (χ3n) is 2.74. The molecule has 1 rings (SSSR count). The quantitative estimate of drug-likeness (QED) is 0.796. The first-order chi connectivity index (χ1) is 8.71. The Morgan fingerprint density at radius 2 is 2.17 bits per heavy atom. The Balaban J connectivity index is 2.53. The first-order valence-corrected chi connectivity index (χ1v) is 6.41. The fourth-order valence-corrected chi connectivity index (χ4v) is 1.76. The van der Waals surface area contributed by atoms with Crippen molar-refractivity contribution in [2.75, 3.05) is 31.5 Å². The highest BCUT2D eigenvalue weighted by atomic mass is 15.1. The summed E-state index contributed by atoms with van der Waals surface area (Å²) in [6.07, 6.45) is 2.72. The Kier molecular flexibility index (Phi) is 6.09. The maximum atomic E-state index is 8.97. The van der Waals surface area contributed by atoms with Crippen molar-refractivity contribution in [3.63, 3.8) is 0 Å². The van der Waals surface area contributed by atoms with Gasteiger partial charge in [0.05, 0.1) is 6.20 Å². The number of nitriles is 1. The molecule has 0 spiro atoms. The van der Waals surface area contributed by atoms with Gasteiger partial charge in [-0.1, -0.05) is 13.8 Å². The third kappa shape index (κ3) is 4.30. The van der Waals surface area contributed by atoms with Crippen LogP contribution in [0.3, 0.4) is 0 Å². The van der Waals surface area contributed by atoms with Gasteiger partial charge in [-0.15, -0.1) is 0 Å². The van der Waals surface area contributed by atoms with E-state index in [-0.39, 0.29) is 0 Å². The van der Waals surface area contributed by atoms with Gasteiger partial charge < -0.3 is 10.2 Å². The molecule has 1 N–H and O–H groups in total. The molecule has 5 nitrogen and oxygen atoms in total. The summed E-state index contributed by atoms with van der Waals surface area (Å²) >= 11 is 0. The van der Waals surface area contributed by atoms with Gasteiger partial charge >= 0.3 is 0 Å². The van der Waals surface area contributed by atoms with E-state index in [2.05, 4.69) is 40.1 Å². The molecule has 5 heteroatoms. The van der Waals surface area contributed by atoms with Gasteiger partial charge in [0.2, 0.25) is 0 Å². The topological polar surface area (TPSA) is 64.8 Å². The zero-order chi connectivity index (χ0) is 13.4. The van der Waals surface area contributed by atoms with E-state index in [1.54, 1.807) is 6.20 Å². The van der Waals surface area contributed by atoms with Crippen molar-refractivity contribution in [2.24, 2.45) is 0 Å². The van der Waals surface area contributed by atoms with Crippen LogP contribution in [0.2, 0.25) is 0 Å². The molecule has 0 radical (unpaired) electrons. The smallest absolute Gasteiger partial charge is 0.147 e. The molecular weight excluding hydrogens is 226 g/mol. The van der Waals surface area contributed by atoms with E-state index in [1.807, 2.05) is 6.92 Å². The molecule has 0 aliphatic heterocycles. The fraction of sp³-hybridized carbons (Fsp3) is 0.615. The highest BCUT2D eigenvalue weighted by Gasteiger charge is 2.05. The van der Waals surface area contributed by atoms with Crippen LogP contribution in [-0.2, 0) is 0 Å². The molecule has 1 heterocycles. The lowest BCUT2D eigenvalue weighted by Crippen LogP contribution is -2.30. The monoisotopic (exact) mass is 247 g/mol. The van der Waals surface area contributed by atoms with E-state index >= 15 is 0 Å². The number of anilines is 1. The Morgan fingerprint density at radius 1 is 1.39 bits per heavy atom. The van der Waals surface area contributed by atoms with Crippen LogP contribution in [0.1, 0.15) is 31.7 Å². The van der Waals surface area contributed by atoms with Crippen LogP contribution >= 0.6 is 0 Å². The van der Waals surface area contributed by atoms with Crippen LogP contribution in [0.5, 0.6) is 0 Å². The summed E-state index contributed by atoms with van der Waals surface area (Å²) in [5.41, 5.74) is 0.499. The molecule has 0 saturated carbocycles. The molecule has 0 aliphatic carbocycles. The van der Waals surface area contributed by atoms with Gasteiger partial charge in [0.1, 0.15) is 23.3 Å². The number of hydrogen-bond acceptors (Lipinski definition) is 5. The zero-order valence-electron chi connectivity index (χ0n) is 11.4. The molecule has 1 aromatic heterocycles. The second-order valence-electron chi connectivity index (χ2n) is 4.15. The summed E-state index contributed by atoms with van der Waals surface area (Å²) in [7, 11) is 0. The normalized spacial score (nSPS) is 10.4. The van der Waals surface area contributed by atoms with Crippen LogP contribution in [0.4, 0.5) is 5.82 Å². The molecule has 0 unspecified atom stereocenters. The van der Waals surface area contributed by atoms with E-state index in [9.17, 15) is 0 Å². The van der Waals surface area contributed by atoms with Gasteiger partial charge in [-0.25, -0.2) is 9.97 Å². The van der Waals surface area contributed by atoms with E-state index in [1.165, 1.54) is 0 Å². The second kappa shape index (κ2) is 7.62. The Labute approximate surface area is 109 Å². The standard InChI is InChI=1S/C13H21N5/c1-4-7-18(5-2)8-6-15-13-12(9-14)10-16-11(3)17-13/h10H,4-8H2,1-3H3,(H,15,16,17). The third-order valence-corrected chi connectivity index (χ3v) is 2.74. The Morgan fingerprint density at radius 3 is 2.78 bits per heavy atom. The summed E-state index contributed by atoms with van der Waals surface area (Å²) in [6, 6.07) is 2.10. The van der Waals surface area contributed by atoms with Gasteiger partial charge in [-0.3, -0.25) is 0 Å². The van der Waals surface area contributed by atoms with Crippen LogP contribution in [0, 0.1) is 18.3 Å². The number of hydrogen-bond donors (Lipinski definition) is 1. The number of aryl methyl sites for hydroxylation is 1. The minimum Gasteiger partial charge on any atom is -0.368 e.